The molecule has 0 saturated carbocycles. The standard InChI is InChI=1S/C24H26N4O/c1-29-23-20(9-5-13-26-23)16-27-14-11-24(17-27)18-28(15-19-7-3-2-4-8-19)21-10-6-12-25-22(21)24/h2-10,12-13H,11,14-18H2,1H3. The molecule has 1 atom stereocenters. The van der Waals surface area contributed by atoms with Crippen molar-refractivity contribution in [2.45, 2.75) is 24.9 Å². The molecule has 3 aromatic rings. The van der Waals surface area contributed by atoms with E-state index in [1.165, 1.54) is 16.9 Å². The Hall–Kier alpha value is -2.92. The molecule has 0 radical (unpaired) electrons. The van der Waals surface area contributed by atoms with Crippen LogP contribution in [0, 0.1) is 0 Å². The molecule has 0 N–H and O–H groups in total. The summed E-state index contributed by atoms with van der Waals surface area (Å²) in [5.74, 6) is 0.726. The lowest BCUT2D eigenvalue weighted by molar-refractivity contribution is 0.296. The average molecular weight is 386 g/mol. The second-order valence-electron chi connectivity index (χ2n) is 8.13. The molecule has 2 aromatic heterocycles. The van der Waals surface area contributed by atoms with Gasteiger partial charge in [-0.3, -0.25) is 9.88 Å². The minimum atomic E-state index is 0.0980. The zero-order valence-electron chi connectivity index (χ0n) is 16.8. The molecule has 1 spiro atoms. The molecular weight excluding hydrogens is 360 g/mol. The monoisotopic (exact) mass is 386 g/mol. The first-order chi connectivity index (χ1) is 14.3. The van der Waals surface area contributed by atoms with Crippen LogP contribution in [0.25, 0.3) is 0 Å². The number of nitrogens with zero attached hydrogens (tertiary/aromatic N) is 4. The fourth-order valence-corrected chi connectivity index (χ4v) is 4.92. The Kier molecular flexibility index (Phi) is 4.68. The number of fused-ring (bicyclic) bond motifs is 2. The number of benzene rings is 1. The van der Waals surface area contributed by atoms with Crippen molar-refractivity contribution in [2.75, 3.05) is 31.6 Å². The molecule has 2 aliphatic heterocycles. The lowest BCUT2D eigenvalue weighted by Crippen LogP contribution is -2.36. The largest absolute Gasteiger partial charge is 0.481 e. The molecule has 1 aromatic carbocycles. The smallest absolute Gasteiger partial charge is 0.217 e. The molecule has 29 heavy (non-hydrogen) atoms. The van der Waals surface area contributed by atoms with E-state index in [1.807, 2.05) is 12.3 Å². The molecule has 0 aliphatic carbocycles. The average Bonchev–Trinajstić information content (AvgIpc) is 3.31. The quantitative estimate of drug-likeness (QED) is 0.670. The van der Waals surface area contributed by atoms with Crippen molar-refractivity contribution in [1.29, 1.82) is 0 Å². The minimum absolute atomic E-state index is 0.0980. The maximum Gasteiger partial charge on any atom is 0.217 e. The van der Waals surface area contributed by atoms with Gasteiger partial charge in [0.1, 0.15) is 0 Å². The normalized spacial score (nSPS) is 20.9. The SMILES string of the molecule is COc1ncccc1CN1CCC2(C1)CN(Cc1ccccc1)c1cccnc12. The number of hydrogen-bond donors (Lipinski definition) is 0. The Morgan fingerprint density at radius 2 is 1.76 bits per heavy atom. The van der Waals surface area contributed by atoms with Crippen LogP contribution in [0.2, 0.25) is 0 Å². The minimum Gasteiger partial charge on any atom is -0.481 e. The van der Waals surface area contributed by atoms with Crippen LogP contribution >= 0.6 is 0 Å². The van der Waals surface area contributed by atoms with Crippen LogP contribution in [-0.4, -0.2) is 41.6 Å². The highest BCUT2D eigenvalue weighted by Crippen LogP contribution is 2.45. The molecule has 1 saturated heterocycles. The first kappa shape index (κ1) is 18.1. The predicted octanol–water partition coefficient (Wildman–Crippen LogP) is 3.65. The van der Waals surface area contributed by atoms with Crippen LogP contribution in [0.1, 0.15) is 23.2 Å². The van der Waals surface area contributed by atoms with E-state index in [2.05, 4.69) is 63.3 Å². The fraction of sp³-hybridized carbons (Fsp3) is 0.333. The van der Waals surface area contributed by atoms with Crippen LogP contribution in [0.5, 0.6) is 5.88 Å². The summed E-state index contributed by atoms with van der Waals surface area (Å²) in [6, 6.07) is 19.1. The topological polar surface area (TPSA) is 41.5 Å². The molecule has 1 fully saturated rings. The molecule has 148 valence electrons. The molecule has 2 aliphatic rings. The van der Waals surface area contributed by atoms with Crippen molar-refractivity contribution >= 4 is 5.69 Å². The summed E-state index contributed by atoms with van der Waals surface area (Å²) in [5.41, 5.74) is 5.14. The van der Waals surface area contributed by atoms with E-state index in [1.54, 1.807) is 13.3 Å². The third kappa shape index (κ3) is 3.36. The summed E-state index contributed by atoms with van der Waals surface area (Å²) >= 11 is 0. The summed E-state index contributed by atoms with van der Waals surface area (Å²) in [7, 11) is 1.69. The van der Waals surface area contributed by atoms with Crippen LogP contribution < -0.4 is 9.64 Å². The summed E-state index contributed by atoms with van der Waals surface area (Å²) in [4.78, 5) is 14.2. The van der Waals surface area contributed by atoms with Gasteiger partial charge >= 0.3 is 0 Å². The molecule has 0 amide bonds. The number of anilines is 1. The number of aromatic nitrogens is 2. The predicted molar refractivity (Wildman–Crippen MR) is 114 cm³/mol. The van der Waals surface area contributed by atoms with E-state index in [0.29, 0.717) is 0 Å². The van der Waals surface area contributed by atoms with Gasteiger partial charge in [0.05, 0.1) is 18.5 Å². The van der Waals surface area contributed by atoms with Crippen molar-refractivity contribution < 1.29 is 4.74 Å². The van der Waals surface area contributed by atoms with Gasteiger partial charge in [-0.2, -0.15) is 0 Å². The van der Waals surface area contributed by atoms with Gasteiger partial charge in [0, 0.05) is 49.6 Å². The number of rotatable bonds is 5. The van der Waals surface area contributed by atoms with Crippen molar-refractivity contribution in [1.82, 2.24) is 14.9 Å². The second-order valence-corrected chi connectivity index (χ2v) is 8.13. The third-order valence-electron chi connectivity index (χ3n) is 6.21. The highest BCUT2D eigenvalue weighted by Gasteiger charge is 2.48. The van der Waals surface area contributed by atoms with Crippen molar-refractivity contribution in [3.63, 3.8) is 0 Å². The summed E-state index contributed by atoms with van der Waals surface area (Å²) in [6.07, 6.45) is 4.86. The number of hydrogen-bond acceptors (Lipinski definition) is 5. The van der Waals surface area contributed by atoms with Gasteiger partial charge in [-0.25, -0.2) is 4.98 Å². The maximum atomic E-state index is 5.45. The van der Waals surface area contributed by atoms with E-state index < -0.39 is 0 Å². The summed E-state index contributed by atoms with van der Waals surface area (Å²) < 4.78 is 5.45. The Bertz CT molecular complexity index is 993. The van der Waals surface area contributed by atoms with E-state index in [-0.39, 0.29) is 5.41 Å². The lowest BCUT2D eigenvalue weighted by Gasteiger charge is -2.26. The van der Waals surface area contributed by atoms with Crippen molar-refractivity contribution in [3.05, 3.63) is 83.8 Å². The lowest BCUT2D eigenvalue weighted by atomic mass is 9.85. The van der Waals surface area contributed by atoms with Crippen LogP contribution in [0.3, 0.4) is 0 Å². The second kappa shape index (κ2) is 7.48. The van der Waals surface area contributed by atoms with Gasteiger partial charge in [-0.15, -0.1) is 0 Å². The van der Waals surface area contributed by atoms with Gasteiger partial charge in [0.15, 0.2) is 0 Å². The third-order valence-corrected chi connectivity index (χ3v) is 6.21. The first-order valence-corrected chi connectivity index (χ1v) is 10.2. The number of pyridine rings is 2. The molecule has 5 nitrogen and oxygen atoms in total. The molecule has 0 bridgehead atoms. The highest BCUT2D eigenvalue weighted by atomic mass is 16.5. The number of methoxy groups -OCH3 is 1. The van der Waals surface area contributed by atoms with Gasteiger partial charge in [0.25, 0.3) is 0 Å². The zero-order chi connectivity index (χ0) is 19.7. The Labute approximate surface area is 172 Å². The van der Waals surface area contributed by atoms with Crippen LogP contribution in [0.15, 0.2) is 67.0 Å². The van der Waals surface area contributed by atoms with Crippen LogP contribution in [-0.2, 0) is 18.5 Å². The molecule has 5 rings (SSSR count). The first-order valence-electron chi connectivity index (χ1n) is 10.2. The van der Waals surface area contributed by atoms with Gasteiger partial charge in [0.2, 0.25) is 5.88 Å². The molecule has 1 unspecified atom stereocenters. The van der Waals surface area contributed by atoms with E-state index in [9.17, 15) is 0 Å². The summed E-state index contributed by atoms with van der Waals surface area (Å²) in [6.45, 7) is 4.89. The van der Waals surface area contributed by atoms with Crippen LogP contribution in [0.4, 0.5) is 5.69 Å². The van der Waals surface area contributed by atoms with Crippen molar-refractivity contribution in [3.8, 4) is 5.88 Å². The molecule has 5 heteroatoms. The number of ether oxygens (including phenoxy) is 1. The summed E-state index contributed by atoms with van der Waals surface area (Å²) in [5, 5.41) is 0. The van der Waals surface area contributed by atoms with Crippen molar-refractivity contribution in [2.24, 2.45) is 0 Å². The van der Waals surface area contributed by atoms with Gasteiger partial charge < -0.3 is 9.64 Å². The Morgan fingerprint density at radius 3 is 2.62 bits per heavy atom. The Balaban J connectivity index is 1.38. The van der Waals surface area contributed by atoms with E-state index in [0.717, 1.165) is 50.6 Å². The van der Waals surface area contributed by atoms with Gasteiger partial charge in [-0.05, 0) is 36.7 Å². The fourth-order valence-electron chi connectivity index (χ4n) is 4.92. The van der Waals surface area contributed by atoms with E-state index in [4.69, 9.17) is 9.72 Å². The zero-order valence-corrected chi connectivity index (χ0v) is 16.8. The molecular formula is C24H26N4O. The molecule has 4 heterocycles. The Morgan fingerprint density at radius 1 is 0.931 bits per heavy atom. The van der Waals surface area contributed by atoms with E-state index >= 15 is 0 Å². The highest BCUT2D eigenvalue weighted by molar-refractivity contribution is 5.60. The maximum absolute atomic E-state index is 5.45. The number of likely N-dealkylation sites (tertiary alicyclic amines) is 1. The van der Waals surface area contributed by atoms with Gasteiger partial charge in [-0.1, -0.05) is 36.4 Å².